The summed E-state index contributed by atoms with van der Waals surface area (Å²) < 4.78 is 1.26. The summed E-state index contributed by atoms with van der Waals surface area (Å²) in [6.07, 6.45) is 1.84. The maximum absolute atomic E-state index is 12.3. The van der Waals surface area contributed by atoms with E-state index >= 15 is 0 Å². The van der Waals surface area contributed by atoms with Crippen LogP contribution in [0.15, 0.2) is 35.4 Å². The molecule has 0 fully saturated rings. The zero-order chi connectivity index (χ0) is 16.4. The number of carbonyl (C=O) groups excluding carboxylic acids is 1. The van der Waals surface area contributed by atoms with Crippen LogP contribution in [0.25, 0.3) is 5.78 Å². The van der Waals surface area contributed by atoms with E-state index in [1.165, 1.54) is 10.8 Å². The third-order valence-corrected chi connectivity index (χ3v) is 3.81. The molecule has 0 aliphatic heterocycles. The molecule has 0 spiro atoms. The second-order valence-corrected chi connectivity index (χ2v) is 5.44. The van der Waals surface area contributed by atoms with Crippen molar-refractivity contribution in [3.63, 3.8) is 0 Å². The lowest BCUT2D eigenvalue weighted by Crippen LogP contribution is -2.23. The van der Waals surface area contributed by atoms with Gasteiger partial charge in [-0.05, 0) is 25.5 Å². The van der Waals surface area contributed by atoms with E-state index < -0.39 is 0 Å². The first-order valence-corrected chi connectivity index (χ1v) is 7.40. The number of rotatable bonds is 4. The van der Waals surface area contributed by atoms with Crippen LogP contribution >= 0.6 is 11.6 Å². The summed E-state index contributed by atoms with van der Waals surface area (Å²) in [5, 5.41) is 5.90. The molecule has 0 unspecified atom stereocenters. The highest BCUT2D eigenvalue weighted by atomic mass is 35.5. The third-order valence-electron chi connectivity index (χ3n) is 3.48. The number of carbonyl (C=O) groups is 1. The normalized spacial score (nSPS) is 10.9. The van der Waals surface area contributed by atoms with Gasteiger partial charge < -0.3 is 5.32 Å². The first kappa shape index (κ1) is 15.2. The van der Waals surface area contributed by atoms with Crippen molar-refractivity contribution in [2.24, 2.45) is 0 Å². The predicted octanol–water partition coefficient (Wildman–Crippen LogP) is 1.95. The molecule has 2 heterocycles. The van der Waals surface area contributed by atoms with Gasteiger partial charge in [0.1, 0.15) is 6.33 Å². The minimum atomic E-state index is -0.240. The van der Waals surface area contributed by atoms with Crippen LogP contribution in [0.2, 0.25) is 5.02 Å². The molecule has 8 heteroatoms. The maximum atomic E-state index is 12.3. The van der Waals surface area contributed by atoms with Crippen molar-refractivity contribution in [3.05, 3.63) is 57.2 Å². The Labute approximate surface area is 136 Å². The molecule has 23 heavy (non-hydrogen) atoms. The highest BCUT2D eigenvalue weighted by Crippen LogP contribution is 2.20. The number of benzene rings is 1. The standard InChI is InChI=1S/C15H14ClN5O2/c1-9-10(14(23)21-15(19-9)17-8-18-21)6-7-13(22)20-12-5-3-2-4-11(12)16/h2-5,8H,6-7H2,1H3,(H,20,22)(H,17,18,19). The minimum Gasteiger partial charge on any atom is -0.325 e. The van der Waals surface area contributed by atoms with Gasteiger partial charge in [0, 0.05) is 12.0 Å². The van der Waals surface area contributed by atoms with E-state index in [0.717, 1.165) is 0 Å². The molecular weight excluding hydrogens is 318 g/mol. The van der Waals surface area contributed by atoms with Crippen LogP contribution in [0.1, 0.15) is 17.7 Å². The average molecular weight is 332 g/mol. The van der Waals surface area contributed by atoms with Gasteiger partial charge in [-0.15, -0.1) is 0 Å². The molecule has 118 valence electrons. The fraction of sp³-hybridized carbons (Fsp3) is 0.200. The SMILES string of the molecule is Cc1nc2nc[nH]n2c(=O)c1CCC(=O)Nc1ccccc1Cl. The van der Waals surface area contributed by atoms with Gasteiger partial charge in [0.05, 0.1) is 16.4 Å². The van der Waals surface area contributed by atoms with Crippen molar-refractivity contribution < 1.29 is 4.79 Å². The number of aryl methyl sites for hydroxylation is 1. The lowest BCUT2D eigenvalue weighted by atomic mass is 10.1. The van der Waals surface area contributed by atoms with Gasteiger partial charge in [0.15, 0.2) is 0 Å². The van der Waals surface area contributed by atoms with Gasteiger partial charge in [-0.25, -0.2) is 9.97 Å². The van der Waals surface area contributed by atoms with E-state index in [4.69, 9.17) is 11.6 Å². The van der Waals surface area contributed by atoms with Crippen LogP contribution in [0.4, 0.5) is 5.69 Å². The molecule has 3 rings (SSSR count). The number of amides is 1. The largest absolute Gasteiger partial charge is 0.325 e. The molecule has 7 nitrogen and oxygen atoms in total. The van der Waals surface area contributed by atoms with Crippen LogP contribution in [0.5, 0.6) is 0 Å². The molecule has 1 amide bonds. The van der Waals surface area contributed by atoms with Crippen LogP contribution in [0, 0.1) is 6.92 Å². The number of H-pyrrole nitrogens is 1. The number of nitrogens with zero attached hydrogens (tertiary/aromatic N) is 3. The van der Waals surface area contributed by atoms with Gasteiger partial charge in [-0.1, -0.05) is 23.7 Å². The van der Waals surface area contributed by atoms with Crippen molar-refractivity contribution in [3.8, 4) is 0 Å². The van der Waals surface area contributed by atoms with Crippen LogP contribution in [0.3, 0.4) is 0 Å². The Bertz CT molecular complexity index is 931. The summed E-state index contributed by atoms with van der Waals surface area (Å²) in [5.74, 6) is 0.100. The zero-order valence-electron chi connectivity index (χ0n) is 12.3. The molecule has 0 radical (unpaired) electrons. The number of anilines is 1. The molecule has 0 bridgehead atoms. The second-order valence-electron chi connectivity index (χ2n) is 5.03. The number of aromatic amines is 1. The first-order valence-electron chi connectivity index (χ1n) is 7.02. The first-order chi connectivity index (χ1) is 11.1. The van der Waals surface area contributed by atoms with Crippen LogP contribution < -0.4 is 10.9 Å². The summed E-state index contributed by atoms with van der Waals surface area (Å²) in [5.41, 5.74) is 1.37. The van der Waals surface area contributed by atoms with E-state index in [1.807, 2.05) is 0 Å². The molecule has 3 aromatic rings. The van der Waals surface area contributed by atoms with E-state index in [1.54, 1.807) is 31.2 Å². The number of aromatic nitrogens is 4. The smallest absolute Gasteiger partial charge is 0.277 e. The Morgan fingerprint density at radius 2 is 2.17 bits per heavy atom. The van der Waals surface area contributed by atoms with Gasteiger partial charge in [0.25, 0.3) is 11.3 Å². The lowest BCUT2D eigenvalue weighted by molar-refractivity contribution is -0.116. The fourth-order valence-corrected chi connectivity index (χ4v) is 2.48. The molecule has 0 saturated heterocycles. The van der Waals surface area contributed by atoms with E-state index in [9.17, 15) is 9.59 Å². The van der Waals surface area contributed by atoms with E-state index in [2.05, 4.69) is 20.4 Å². The number of nitrogens with one attached hydrogen (secondary N) is 2. The van der Waals surface area contributed by atoms with Gasteiger partial charge >= 0.3 is 0 Å². The Balaban J connectivity index is 1.74. The van der Waals surface area contributed by atoms with Crippen molar-refractivity contribution in [2.75, 3.05) is 5.32 Å². The van der Waals surface area contributed by atoms with Gasteiger partial charge in [0.2, 0.25) is 5.91 Å². The monoisotopic (exact) mass is 331 g/mol. The maximum Gasteiger partial charge on any atom is 0.277 e. The molecule has 2 N–H and O–H groups in total. The highest BCUT2D eigenvalue weighted by molar-refractivity contribution is 6.33. The summed E-state index contributed by atoms with van der Waals surface area (Å²) in [6.45, 7) is 1.73. The number of fused-ring (bicyclic) bond motifs is 1. The molecule has 0 saturated carbocycles. The van der Waals surface area contributed by atoms with E-state index in [0.29, 0.717) is 27.7 Å². The second kappa shape index (κ2) is 6.21. The zero-order valence-corrected chi connectivity index (χ0v) is 13.1. The third kappa shape index (κ3) is 3.09. The molecule has 0 aliphatic rings. The molecule has 2 aromatic heterocycles. The van der Waals surface area contributed by atoms with Crippen molar-refractivity contribution in [2.45, 2.75) is 19.8 Å². The number of hydrogen-bond acceptors (Lipinski definition) is 4. The van der Waals surface area contributed by atoms with Crippen molar-refractivity contribution >= 4 is 29.0 Å². The lowest BCUT2D eigenvalue weighted by Gasteiger charge is -2.08. The van der Waals surface area contributed by atoms with Gasteiger partial charge in [-0.3, -0.25) is 14.7 Å². The summed E-state index contributed by atoms with van der Waals surface area (Å²) in [4.78, 5) is 32.6. The average Bonchev–Trinajstić information content (AvgIpc) is 2.98. The van der Waals surface area contributed by atoms with Crippen molar-refractivity contribution in [1.82, 2.24) is 19.6 Å². The Morgan fingerprint density at radius 1 is 1.39 bits per heavy atom. The molecule has 0 aliphatic carbocycles. The Morgan fingerprint density at radius 3 is 2.96 bits per heavy atom. The Hall–Kier alpha value is -2.67. The number of para-hydroxylation sites is 1. The fourth-order valence-electron chi connectivity index (χ4n) is 2.30. The topological polar surface area (TPSA) is 92.2 Å². The van der Waals surface area contributed by atoms with E-state index in [-0.39, 0.29) is 24.3 Å². The molecule has 1 aromatic carbocycles. The summed E-state index contributed by atoms with van der Waals surface area (Å²) in [7, 11) is 0. The highest BCUT2D eigenvalue weighted by Gasteiger charge is 2.13. The predicted molar refractivity (Wildman–Crippen MR) is 86.7 cm³/mol. The van der Waals surface area contributed by atoms with Crippen LogP contribution in [-0.4, -0.2) is 25.5 Å². The number of halogens is 1. The molecular formula is C15H14ClN5O2. The molecule has 0 atom stereocenters. The Kier molecular flexibility index (Phi) is 4.12. The number of hydrogen-bond donors (Lipinski definition) is 2. The van der Waals surface area contributed by atoms with Crippen LogP contribution in [-0.2, 0) is 11.2 Å². The summed E-state index contributed by atoms with van der Waals surface area (Å²) in [6, 6.07) is 6.99. The minimum absolute atomic E-state index is 0.156. The quantitative estimate of drug-likeness (QED) is 0.764. The van der Waals surface area contributed by atoms with Crippen molar-refractivity contribution in [1.29, 1.82) is 0 Å². The summed E-state index contributed by atoms with van der Waals surface area (Å²) >= 11 is 6.00. The van der Waals surface area contributed by atoms with Gasteiger partial charge in [-0.2, -0.15) is 4.52 Å².